The van der Waals surface area contributed by atoms with Gasteiger partial charge in [-0.05, 0) is 31.9 Å². The standard InChI is InChI=1S/C15H18F2N4/c1-4-5-18-15-19-8-10(3)14(21-15)20-13-7-11(16)9(2)6-12(13)17/h6-8H,4-5H2,1-3H3,(H2,18,19,20,21). The topological polar surface area (TPSA) is 49.8 Å². The molecule has 4 nitrogen and oxygen atoms in total. The molecule has 1 heterocycles. The van der Waals surface area contributed by atoms with Crippen molar-refractivity contribution in [2.45, 2.75) is 27.2 Å². The molecule has 0 spiro atoms. The highest BCUT2D eigenvalue weighted by atomic mass is 19.1. The van der Waals surface area contributed by atoms with E-state index in [1.54, 1.807) is 13.1 Å². The number of halogens is 2. The van der Waals surface area contributed by atoms with Gasteiger partial charge in [-0.2, -0.15) is 4.98 Å². The summed E-state index contributed by atoms with van der Waals surface area (Å²) in [4.78, 5) is 8.42. The van der Waals surface area contributed by atoms with Gasteiger partial charge < -0.3 is 10.6 Å². The van der Waals surface area contributed by atoms with Gasteiger partial charge >= 0.3 is 0 Å². The van der Waals surface area contributed by atoms with Gasteiger partial charge in [0.1, 0.15) is 17.5 Å². The summed E-state index contributed by atoms with van der Waals surface area (Å²) in [5, 5.41) is 5.87. The highest BCUT2D eigenvalue weighted by Gasteiger charge is 2.10. The zero-order chi connectivity index (χ0) is 15.4. The summed E-state index contributed by atoms with van der Waals surface area (Å²) in [6.45, 7) is 6.10. The van der Waals surface area contributed by atoms with Crippen LogP contribution in [0.15, 0.2) is 18.3 Å². The summed E-state index contributed by atoms with van der Waals surface area (Å²) < 4.78 is 27.4. The van der Waals surface area contributed by atoms with Gasteiger partial charge in [-0.25, -0.2) is 13.8 Å². The lowest BCUT2D eigenvalue weighted by molar-refractivity contribution is 0.595. The minimum Gasteiger partial charge on any atom is -0.354 e. The maximum absolute atomic E-state index is 13.9. The van der Waals surface area contributed by atoms with E-state index in [1.165, 1.54) is 6.92 Å². The summed E-state index contributed by atoms with van der Waals surface area (Å²) in [6, 6.07) is 2.29. The first-order valence-electron chi connectivity index (χ1n) is 6.81. The van der Waals surface area contributed by atoms with Gasteiger partial charge in [-0.15, -0.1) is 0 Å². The largest absolute Gasteiger partial charge is 0.354 e. The number of anilines is 3. The quantitative estimate of drug-likeness (QED) is 0.876. The van der Waals surface area contributed by atoms with Crippen LogP contribution in [0.5, 0.6) is 0 Å². The van der Waals surface area contributed by atoms with E-state index >= 15 is 0 Å². The lowest BCUT2D eigenvalue weighted by Gasteiger charge is -2.12. The maximum atomic E-state index is 13.9. The molecule has 6 heteroatoms. The molecule has 0 saturated heterocycles. The van der Waals surface area contributed by atoms with Crippen LogP contribution >= 0.6 is 0 Å². The lowest BCUT2D eigenvalue weighted by Crippen LogP contribution is -2.07. The fourth-order valence-corrected chi connectivity index (χ4v) is 1.76. The van der Waals surface area contributed by atoms with Crippen LogP contribution in [0.2, 0.25) is 0 Å². The van der Waals surface area contributed by atoms with Crippen LogP contribution in [0.25, 0.3) is 0 Å². The zero-order valence-corrected chi connectivity index (χ0v) is 12.3. The summed E-state index contributed by atoms with van der Waals surface area (Å²) in [5.41, 5.74) is 1.07. The number of hydrogen-bond acceptors (Lipinski definition) is 4. The van der Waals surface area contributed by atoms with Gasteiger partial charge in [0.2, 0.25) is 5.95 Å². The zero-order valence-electron chi connectivity index (χ0n) is 12.3. The van der Waals surface area contributed by atoms with Crippen molar-refractivity contribution in [1.82, 2.24) is 9.97 Å². The second kappa shape index (κ2) is 6.47. The first-order valence-corrected chi connectivity index (χ1v) is 6.81. The average Bonchev–Trinajstić information content (AvgIpc) is 2.45. The van der Waals surface area contributed by atoms with E-state index in [9.17, 15) is 8.78 Å². The first kappa shape index (κ1) is 15.2. The van der Waals surface area contributed by atoms with Crippen molar-refractivity contribution in [3.8, 4) is 0 Å². The van der Waals surface area contributed by atoms with Crippen molar-refractivity contribution in [1.29, 1.82) is 0 Å². The third-order valence-electron chi connectivity index (χ3n) is 3.01. The molecule has 0 fully saturated rings. The summed E-state index contributed by atoms with van der Waals surface area (Å²) in [6.07, 6.45) is 2.58. The SMILES string of the molecule is CCCNc1ncc(C)c(Nc2cc(F)c(C)cc2F)n1. The Labute approximate surface area is 122 Å². The molecule has 0 unspecified atom stereocenters. The van der Waals surface area contributed by atoms with Crippen molar-refractivity contribution >= 4 is 17.5 Å². The molecule has 0 aliphatic rings. The molecule has 2 N–H and O–H groups in total. The summed E-state index contributed by atoms with van der Waals surface area (Å²) >= 11 is 0. The van der Waals surface area contributed by atoms with Crippen molar-refractivity contribution in [2.75, 3.05) is 17.2 Å². The van der Waals surface area contributed by atoms with E-state index in [0.29, 0.717) is 11.8 Å². The average molecular weight is 292 g/mol. The van der Waals surface area contributed by atoms with Crippen molar-refractivity contribution < 1.29 is 8.78 Å². The fourth-order valence-electron chi connectivity index (χ4n) is 1.76. The molecule has 0 radical (unpaired) electrons. The number of benzene rings is 1. The molecule has 1 aromatic carbocycles. The van der Waals surface area contributed by atoms with Gasteiger partial charge in [0.15, 0.2) is 0 Å². The molecule has 2 rings (SSSR count). The Hall–Kier alpha value is -2.24. The molecule has 1 aromatic heterocycles. The fraction of sp³-hybridized carbons (Fsp3) is 0.333. The van der Waals surface area contributed by atoms with Gasteiger partial charge in [-0.3, -0.25) is 0 Å². The number of nitrogens with zero attached hydrogens (tertiary/aromatic N) is 2. The van der Waals surface area contributed by atoms with Crippen molar-refractivity contribution in [3.63, 3.8) is 0 Å². The second-order valence-electron chi connectivity index (χ2n) is 4.86. The lowest BCUT2D eigenvalue weighted by atomic mass is 10.2. The molecular weight excluding hydrogens is 274 g/mol. The van der Waals surface area contributed by atoms with Gasteiger partial charge in [-0.1, -0.05) is 6.92 Å². The second-order valence-corrected chi connectivity index (χ2v) is 4.86. The monoisotopic (exact) mass is 292 g/mol. The Morgan fingerprint density at radius 2 is 1.86 bits per heavy atom. The Kier molecular flexibility index (Phi) is 4.67. The highest BCUT2D eigenvalue weighted by Crippen LogP contribution is 2.24. The number of hydrogen-bond donors (Lipinski definition) is 2. The van der Waals surface area contributed by atoms with Crippen LogP contribution in [0.1, 0.15) is 24.5 Å². The molecule has 21 heavy (non-hydrogen) atoms. The van der Waals surface area contributed by atoms with E-state index in [1.807, 2.05) is 6.92 Å². The van der Waals surface area contributed by atoms with Crippen LogP contribution in [0, 0.1) is 25.5 Å². The van der Waals surface area contributed by atoms with Crippen LogP contribution in [0.4, 0.5) is 26.2 Å². The van der Waals surface area contributed by atoms with Crippen LogP contribution in [0.3, 0.4) is 0 Å². The predicted molar refractivity (Wildman–Crippen MR) is 79.9 cm³/mol. The number of aryl methyl sites for hydroxylation is 2. The van der Waals surface area contributed by atoms with Crippen LogP contribution in [-0.4, -0.2) is 16.5 Å². The van der Waals surface area contributed by atoms with E-state index in [2.05, 4.69) is 20.6 Å². The Morgan fingerprint density at radius 3 is 2.57 bits per heavy atom. The molecule has 0 aliphatic heterocycles. The van der Waals surface area contributed by atoms with Gasteiger partial charge in [0.25, 0.3) is 0 Å². The normalized spacial score (nSPS) is 10.5. The first-order chi connectivity index (χ1) is 10.0. The Bertz CT molecular complexity index is 644. The van der Waals surface area contributed by atoms with Crippen molar-refractivity contribution in [2.24, 2.45) is 0 Å². The Balaban J connectivity index is 2.28. The molecular formula is C15H18F2N4. The number of nitrogens with one attached hydrogen (secondary N) is 2. The number of rotatable bonds is 5. The molecule has 0 atom stereocenters. The summed E-state index contributed by atoms with van der Waals surface area (Å²) in [7, 11) is 0. The molecule has 0 bridgehead atoms. The molecule has 112 valence electrons. The van der Waals surface area contributed by atoms with Crippen LogP contribution < -0.4 is 10.6 Å². The predicted octanol–water partition coefficient (Wildman–Crippen LogP) is 3.94. The highest BCUT2D eigenvalue weighted by molar-refractivity contribution is 5.61. The minimum atomic E-state index is -0.519. The van der Waals surface area contributed by atoms with Crippen LogP contribution in [-0.2, 0) is 0 Å². The smallest absolute Gasteiger partial charge is 0.224 e. The third-order valence-corrected chi connectivity index (χ3v) is 3.01. The van der Waals surface area contributed by atoms with Crippen molar-refractivity contribution in [3.05, 3.63) is 41.1 Å². The van der Waals surface area contributed by atoms with E-state index in [0.717, 1.165) is 30.7 Å². The van der Waals surface area contributed by atoms with E-state index < -0.39 is 11.6 Å². The van der Waals surface area contributed by atoms with E-state index in [-0.39, 0.29) is 11.3 Å². The molecule has 0 aliphatic carbocycles. The molecule has 0 amide bonds. The number of aromatic nitrogens is 2. The minimum absolute atomic E-state index is 0.0568. The Morgan fingerprint density at radius 1 is 1.10 bits per heavy atom. The van der Waals surface area contributed by atoms with E-state index in [4.69, 9.17) is 0 Å². The molecule has 2 aromatic rings. The third kappa shape index (κ3) is 3.65. The maximum Gasteiger partial charge on any atom is 0.224 e. The molecule has 0 saturated carbocycles. The van der Waals surface area contributed by atoms with Gasteiger partial charge in [0, 0.05) is 24.4 Å². The summed E-state index contributed by atoms with van der Waals surface area (Å²) in [5.74, 6) is -0.0754. The van der Waals surface area contributed by atoms with Gasteiger partial charge in [0.05, 0.1) is 5.69 Å².